The summed E-state index contributed by atoms with van der Waals surface area (Å²) in [7, 11) is -3.22. The zero-order chi connectivity index (χ0) is 30.0. The van der Waals surface area contributed by atoms with Crippen molar-refractivity contribution in [2.45, 2.75) is 25.3 Å². The summed E-state index contributed by atoms with van der Waals surface area (Å²) < 4.78 is 54.1. The maximum atomic E-state index is 14.5. The molecular formula is C29H30FN5O7S. The first-order valence-corrected chi connectivity index (χ1v) is 14.3. The Bertz CT molecular complexity index is 1760. The van der Waals surface area contributed by atoms with E-state index in [0.717, 1.165) is 34.6 Å². The zero-order valence-corrected chi connectivity index (χ0v) is 23.5. The third-order valence-corrected chi connectivity index (χ3v) is 8.80. The van der Waals surface area contributed by atoms with Crippen LogP contribution in [0.4, 0.5) is 21.6 Å². The van der Waals surface area contributed by atoms with Crippen molar-refractivity contribution in [3.8, 4) is 0 Å². The number of halogens is 1. The van der Waals surface area contributed by atoms with Crippen molar-refractivity contribution in [2.75, 3.05) is 42.6 Å². The number of sulfonamides is 1. The van der Waals surface area contributed by atoms with E-state index in [1.165, 1.54) is 37.4 Å². The normalized spacial score (nSPS) is 14.1. The lowest BCUT2D eigenvalue weighted by atomic mass is 10.0. The van der Waals surface area contributed by atoms with Gasteiger partial charge in [0.1, 0.15) is 11.6 Å². The number of rotatable bonds is 8. The summed E-state index contributed by atoms with van der Waals surface area (Å²) in [4.78, 5) is 34.2. The molecule has 1 atom stereocenters. The predicted molar refractivity (Wildman–Crippen MR) is 158 cm³/mol. The molecule has 2 heterocycles. The lowest BCUT2D eigenvalue weighted by molar-refractivity contribution is -0.384. The molecule has 43 heavy (non-hydrogen) atoms. The summed E-state index contributed by atoms with van der Waals surface area (Å²) in [5, 5.41) is 11.2. The molecule has 1 aliphatic rings. The van der Waals surface area contributed by atoms with Crippen LogP contribution in [0, 0.1) is 15.9 Å². The second kappa shape index (κ2) is 12.7. The van der Waals surface area contributed by atoms with Gasteiger partial charge in [-0.25, -0.2) is 22.6 Å². The Balaban J connectivity index is 0.00000423. The van der Waals surface area contributed by atoms with Gasteiger partial charge in [-0.2, -0.15) is 0 Å². The van der Waals surface area contributed by atoms with Crippen molar-refractivity contribution >= 4 is 44.2 Å². The molecule has 1 aromatic heterocycles. The maximum absolute atomic E-state index is 14.5. The summed E-state index contributed by atoms with van der Waals surface area (Å²) in [6, 6.07) is 11.4. The van der Waals surface area contributed by atoms with Gasteiger partial charge >= 0.3 is 5.97 Å². The number of carbonyl (C=O) groups is 1. The molecule has 12 nitrogen and oxygen atoms in total. The highest BCUT2D eigenvalue weighted by molar-refractivity contribution is 7.92. The number of ether oxygens (including phenoxy) is 2. The number of benzene rings is 3. The van der Waals surface area contributed by atoms with E-state index in [0.29, 0.717) is 48.7 Å². The molecule has 1 unspecified atom stereocenters. The van der Waals surface area contributed by atoms with Crippen LogP contribution >= 0.6 is 0 Å². The Morgan fingerprint density at radius 2 is 1.84 bits per heavy atom. The molecule has 0 radical (unpaired) electrons. The number of hydrogen-bond donors (Lipinski definition) is 0. The van der Waals surface area contributed by atoms with E-state index in [-0.39, 0.29) is 29.3 Å². The highest BCUT2D eigenvalue weighted by Crippen LogP contribution is 2.37. The van der Waals surface area contributed by atoms with E-state index < -0.39 is 32.8 Å². The molecular weight excluding hydrogens is 581 g/mol. The first-order valence-electron chi connectivity index (χ1n) is 12.9. The lowest BCUT2D eigenvalue weighted by Crippen LogP contribution is -2.37. The van der Waals surface area contributed by atoms with Gasteiger partial charge in [-0.3, -0.25) is 19.4 Å². The van der Waals surface area contributed by atoms with Crippen molar-refractivity contribution < 1.29 is 32.0 Å². The number of non-ortho nitro benzene ring substituents is 1. The number of nitro groups is 1. The highest BCUT2D eigenvalue weighted by atomic mass is 32.2. The van der Waals surface area contributed by atoms with E-state index in [9.17, 15) is 27.7 Å². The van der Waals surface area contributed by atoms with Crippen LogP contribution in [0.3, 0.4) is 0 Å². The lowest BCUT2D eigenvalue weighted by Gasteiger charge is -2.32. The molecule has 0 bridgehead atoms. The van der Waals surface area contributed by atoms with Gasteiger partial charge in [0.2, 0.25) is 0 Å². The first-order chi connectivity index (χ1) is 20.1. The van der Waals surface area contributed by atoms with E-state index in [4.69, 9.17) is 14.5 Å². The zero-order valence-electron chi connectivity index (χ0n) is 22.6. The number of morpholine rings is 1. The van der Waals surface area contributed by atoms with Crippen LogP contribution in [0.1, 0.15) is 36.3 Å². The average Bonchev–Trinajstić information content (AvgIpc) is 3.00. The van der Waals surface area contributed by atoms with Crippen molar-refractivity contribution in [1.82, 2.24) is 9.97 Å². The van der Waals surface area contributed by atoms with Crippen molar-refractivity contribution in [3.63, 3.8) is 0 Å². The van der Waals surface area contributed by atoms with Gasteiger partial charge < -0.3 is 14.4 Å². The Labute approximate surface area is 247 Å². The molecule has 0 amide bonds. The number of anilines is 2. The standard InChI is InChI=1S/C28H26FN5O7S.CH4/c1-18(33(22-5-3-4-20(29)16-22)42(38,39)23-8-6-21(7-9-23)34(36)37)24-14-19(28(35)40-2)15-25-27(24)31-26(17-30-25)32-10-12-41-13-11-32;/h3-9,14-18H,10-13H2,1-2H3;1H4. The van der Waals surface area contributed by atoms with E-state index >= 15 is 0 Å². The second-order valence-electron chi connectivity index (χ2n) is 9.46. The van der Waals surface area contributed by atoms with Gasteiger partial charge in [-0.05, 0) is 49.4 Å². The fourth-order valence-electron chi connectivity index (χ4n) is 4.79. The largest absolute Gasteiger partial charge is 0.465 e. The van der Waals surface area contributed by atoms with Gasteiger partial charge in [0.15, 0.2) is 0 Å². The SMILES string of the molecule is C.COC(=O)c1cc(C(C)N(c2cccc(F)c2)S(=O)(=O)c2ccc([N+](=O)[O-])cc2)c2nc(N3CCOCC3)cnc2c1. The number of fused-ring (bicyclic) bond motifs is 1. The molecule has 1 saturated heterocycles. The second-order valence-corrected chi connectivity index (χ2v) is 11.3. The minimum atomic E-state index is -4.45. The molecule has 4 aromatic rings. The number of nitrogens with zero attached hydrogens (tertiary/aromatic N) is 5. The maximum Gasteiger partial charge on any atom is 0.337 e. The fraction of sp³-hybridized carbons (Fsp3) is 0.276. The van der Waals surface area contributed by atoms with Crippen LogP contribution in [0.5, 0.6) is 0 Å². The van der Waals surface area contributed by atoms with E-state index in [1.807, 2.05) is 4.90 Å². The van der Waals surface area contributed by atoms with Gasteiger partial charge in [0.25, 0.3) is 15.7 Å². The first kappa shape index (κ1) is 31.3. The van der Waals surface area contributed by atoms with Crippen molar-refractivity contribution in [2.24, 2.45) is 0 Å². The quantitative estimate of drug-likeness (QED) is 0.153. The number of carbonyl (C=O) groups excluding carboxylic acids is 1. The average molecular weight is 612 g/mol. The van der Waals surface area contributed by atoms with Crippen LogP contribution in [0.2, 0.25) is 0 Å². The predicted octanol–water partition coefficient (Wildman–Crippen LogP) is 4.89. The summed E-state index contributed by atoms with van der Waals surface area (Å²) >= 11 is 0. The van der Waals surface area contributed by atoms with Gasteiger partial charge in [-0.15, -0.1) is 0 Å². The molecule has 226 valence electrons. The molecule has 5 rings (SSSR count). The fourth-order valence-corrected chi connectivity index (χ4v) is 6.42. The van der Waals surface area contributed by atoms with Crippen molar-refractivity contribution in [1.29, 1.82) is 0 Å². The summed E-state index contributed by atoms with van der Waals surface area (Å²) in [6.45, 7) is 3.74. The summed E-state index contributed by atoms with van der Waals surface area (Å²) in [5.41, 5.74) is 0.789. The van der Waals surface area contributed by atoms with E-state index in [2.05, 4.69) is 4.98 Å². The molecule has 14 heteroatoms. The molecule has 0 N–H and O–H groups in total. The van der Waals surface area contributed by atoms with Gasteiger partial charge in [-0.1, -0.05) is 13.5 Å². The monoisotopic (exact) mass is 611 g/mol. The number of aromatic nitrogens is 2. The molecule has 0 aliphatic carbocycles. The Hall–Kier alpha value is -4.69. The third kappa shape index (κ3) is 6.24. The third-order valence-electron chi connectivity index (χ3n) is 6.89. The molecule has 1 fully saturated rings. The van der Waals surface area contributed by atoms with Gasteiger partial charge in [0.05, 0.1) is 64.7 Å². The topological polar surface area (TPSA) is 145 Å². The minimum Gasteiger partial charge on any atom is -0.465 e. The molecule has 0 saturated carbocycles. The smallest absolute Gasteiger partial charge is 0.337 e. The van der Waals surface area contributed by atoms with Crippen LogP contribution in [0.15, 0.2) is 71.8 Å². The number of methoxy groups -OCH3 is 1. The van der Waals surface area contributed by atoms with Crippen LogP contribution in [-0.4, -0.2) is 62.7 Å². The minimum absolute atomic E-state index is 0. The summed E-state index contributed by atoms with van der Waals surface area (Å²) in [5.74, 6) is -0.799. The Kier molecular flexibility index (Phi) is 9.21. The van der Waals surface area contributed by atoms with Crippen molar-refractivity contribution in [3.05, 3.63) is 93.9 Å². The number of esters is 1. The van der Waals surface area contributed by atoms with E-state index in [1.54, 1.807) is 13.1 Å². The Morgan fingerprint density at radius 3 is 2.47 bits per heavy atom. The van der Waals surface area contributed by atoms with Crippen LogP contribution < -0.4 is 9.21 Å². The number of nitro benzene ring substituents is 1. The van der Waals surface area contributed by atoms with Gasteiger partial charge in [0, 0.05) is 30.8 Å². The molecule has 3 aromatic carbocycles. The Morgan fingerprint density at radius 1 is 1.14 bits per heavy atom. The number of hydrogen-bond acceptors (Lipinski definition) is 10. The molecule has 1 aliphatic heterocycles. The highest BCUT2D eigenvalue weighted by Gasteiger charge is 2.33. The molecule has 0 spiro atoms. The van der Waals surface area contributed by atoms with Crippen LogP contribution in [0.25, 0.3) is 11.0 Å². The van der Waals surface area contributed by atoms with Crippen LogP contribution in [-0.2, 0) is 19.5 Å². The summed E-state index contributed by atoms with van der Waals surface area (Å²) in [6.07, 6.45) is 1.57.